The lowest BCUT2D eigenvalue weighted by Gasteiger charge is -2.22. The first kappa shape index (κ1) is 23.4. The van der Waals surface area contributed by atoms with E-state index in [2.05, 4.69) is 15.0 Å². The van der Waals surface area contributed by atoms with Crippen molar-refractivity contribution in [1.29, 1.82) is 0 Å². The third kappa shape index (κ3) is 4.49. The smallest absolute Gasteiger partial charge is 0.338 e. The Morgan fingerprint density at radius 3 is 2.31 bits per heavy atom. The normalized spacial score (nSPS) is 21.3. The Kier molecular flexibility index (Phi) is 6.56. The van der Waals surface area contributed by atoms with Gasteiger partial charge in [-0.2, -0.15) is 4.98 Å². The highest BCUT2D eigenvalue weighted by Crippen LogP contribution is 2.35. The molecule has 11 heteroatoms. The van der Waals surface area contributed by atoms with Crippen LogP contribution in [0.3, 0.4) is 0 Å². The van der Waals surface area contributed by atoms with Gasteiger partial charge in [-0.3, -0.25) is 4.57 Å². The number of aromatic nitrogens is 4. The van der Waals surface area contributed by atoms with Crippen molar-refractivity contribution in [3.05, 3.63) is 84.4 Å². The molecule has 1 fully saturated rings. The summed E-state index contributed by atoms with van der Waals surface area (Å²) in [6.45, 7) is -0.268. The van der Waals surface area contributed by atoms with Crippen LogP contribution in [0.4, 0.5) is 0 Å². The molecule has 5 rings (SSSR count). The number of hydrogen-bond donors (Lipinski definition) is 1. The summed E-state index contributed by atoms with van der Waals surface area (Å²) < 4.78 is 23.9. The molecule has 184 valence electrons. The molecule has 0 amide bonds. The van der Waals surface area contributed by atoms with Crippen LogP contribution in [-0.2, 0) is 14.2 Å². The minimum Gasteiger partial charge on any atom is -0.479 e. The van der Waals surface area contributed by atoms with Gasteiger partial charge in [-0.05, 0) is 24.3 Å². The van der Waals surface area contributed by atoms with Gasteiger partial charge in [0.25, 0.3) is 0 Å². The standard InChI is InChI=1S/C25H22N4O7/c1-33-22-18-21(26-13-27-22)29(14-28-18)23-20(36-25(32)16-10-6-3-7-11-16)19(30)17(35-23)12-34-24(31)15-8-4-2-5-9-15/h2-11,13-14,17,19-20,23,30H,12H2,1H3/t17-,19-,20+,23+/m1/s1. The minimum atomic E-state index is -1.31. The quantitative estimate of drug-likeness (QED) is 0.384. The van der Waals surface area contributed by atoms with Crippen LogP contribution in [0.5, 0.6) is 5.88 Å². The third-order valence-corrected chi connectivity index (χ3v) is 5.75. The van der Waals surface area contributed by atoms with Gasteiger partial charge in [0.05, 0.1) is 24.6 Å². The van der Waals surface area contributed by atoms with E-state index in [1.165, 1.54) is 24.3 Å². The molecule has 1 N–H and O–H groups in total. The van der Waals surface area contributed by atoms with Crippen LogP contribution in [-0.4, -0.2) is 68.6 Å². The highest BCUT2D eigenvalue weighted by Gasteiger charge is 2.48. The lowest BCUT2D eigenvalue weighted by Crippen LogP contribution is -2.37. The highest BCUT2D eigenvalue weighted by molar-refractivity contribution is 5.90. The number of fused-ring (bicyclic) bond motifs is 1. The average molecular weight is 490 g/mol. The van der Waals surface area contributed by atoms with Crippen LogP contribution in [0.1, 0.15) is 26.9 Å². The number of nitrogens with zero attached hydrogens (tertiary/aromatic N) is 4. The molecule has 0 radical (unpaired) electrons. The maximum absolute atomic E-state index is 12.8. The summed E-state index contributed by atoms with van der Waals surface area (Å²) in [5, 5.41) is 11.1. The Bertz CT molecular complexity index is 1360. The molecule has 4 atom stereocenters. The van der Waals surface area contributed by atoms with E-state index in [4.69, 9.17) is 18.9 Å². The maximum Gasteiger partial charge on any atom is 0.338 e. The van der Waals surface area contributed by atoms with Crippen molar-refractivity contribution in [1.82, 2.24) is 19.5 Å². The SMILES string of the molecule is COc1ncnc2c1ncn2[C@H]1O[C@H](COC(=O)c2ccccc2)[C@@H](O)[C@@H]1OC(=O)c1ccccc1. The zero-order chi connectivity index (χ0) is 25.1. The zero-order valence-corrected chi connectivity index (χ0v) is 19.1. The monoisotopic (exact) mass is 490 g/mol. The molecule has 1 aliphatic heterocycles. The molecule has 0 saturated carbocycles. The number of benzene rings is 2. The van der Waals surface area contributed by atoms with E-state index in [1.54, 1.807) is 60.7 Å². The Balaban J connectivity index is 1.42. The predicted octanol–water partition coefficient (Wildman–Crippen LogP) is 2.18. The molecular weight excluding hydrogens is 468 g/mol. The summed E-state index contributed by atoms with van der Waals surface area (Å²) >= 11 is 0. The van der Waals surface area contributed by atoms with Crippen molar-refractivity contribution < 1.29 is 33.6 Å². The summed E-state index contributed by atoms with van der Waals surface area (Å²) in [4.78, 5) is 37.8. The molecule has 0 aliphatic carbocycles. The van der Waals surface area contributed by atoms with Gasteiger partial charge in [-0.25, -0.2) is 19.6 Å². The van der Waals surface area contributed by atoms with Gasteiger partial charge in [0, 0.05) is 0 Å². The molecule has 0 unspecified atom stereocenters. The molecule has 2 aromatic heterocycles. The largest absolute Gasteiger partial charge is 0.479 e. The van der Waals surface area contributed by atoms with E-state index in [1.807, 2.05) is 0 Å². The molecule has 0 bridgehead atoms. The summed E-state index contributed by atoms with van der Waals surface area (Å²) in [5.74, 6) is -0.964. The maximum atomic E-state index is 12.8. The number of methoxy groups -OCH3 is 1. The Morgan fingerprint density at radius 2 is 1.64 bits per heavy atom. The van der Waals surface area contributed by atoms with Gasteiger partial charge in [-0.15, -0.1) is 0 Å². The summed E-state index contributed by atoms with van der Waals surface area (Å²) in [6.07, 6.45) is -1.74. The summed E-state index contributed by atoms with van der Waals surface area (Å²) in [6, 6.07) is 16.8. The number of carbonyl (C=O) groups is 2. The van der Waals surface area contributed by atoms with Crippen LogP contribution >= 0.6 is 0 Å². The topological polar surface area (TPSA) is 135 Å². The number of aliphatic hydroxyl groups excluding tert-OH is 1. The fraction of sp³-hybridized carbons (Fsp3) is 0.240. The van der Waals surface area contributed by atoms with Gasteiger partial charge < -0.3 is 24.1 Å². The van der Waals surface area contributed by atoms with Crippen LogP contribution in [0.25, 0.3) is 11.2 Å². The van der Waals surface area contributed by atoms with E-state index < -0.39 is 36.5 Å². The molecular formula is C25H22N4O7. The number of aliphatic hydroxyl groups is 1. The van der Waals surface area contributed by atoms with Crippen LogP contribution in [0, 0.1) is 0 Å². The highest BCUT2D eigenvalue weighted by atomic mass is 16.6. The lowest BCUT2D eigenvalue weighted by molar-refractivity contribution is -0.0601. The van der Waals surface area contributed by atoms with Crippen LogP contribution in [0.15, 0.2) is 73.3 Å². The van der Waals surface area contributed by atoms with Crippen molar-refractivity contribution in [3.63, 3.8) is 0 Å². The Labute approximate surface area is 205 Å². The van der Waals surface area contributed by atoms with Gasteiger partial charge in [0.15, 0.2) is 23.5 Å². The molecule has 2 aromatic carbocycles. The number of imidazole rings is 1. The van der Waals surface area contributed by atoms with Gasteiger partial charge in [0.2, 0.25) is 5.88 Å². The Morgan fingerprint density at radius 1 is 0.972 bits per heavy atom. The van der Waals surface area contributed by atoms with Crippen molar-refractivity contribution in [3.8, 4) is 5.88 Å². The number of ether oxygens (including phenoxy) is 4. The fourth-order valence-electron chi connectivity index (χ4n) is 3.95. The van der Waals surface area contributed by atoms with E-state index in [-0.39, 0.29) is 12.5 Å². The second-order valence-corrected chi connectivity index (χ2v) is 7.96. The summed E-state index contributed by atoms with van der Waals surface area (Å²) in [5.41, 5.74) is 1.38. The molecule has 11 nitrogen and oxygen atoms in total. The number of rotatable bonds is 7. The van der Waals surface area contributed by atoms with Gasteiger partial charge in [-0.1, -0.05) is 36.4 Å². The number of esters is 2. The van der Waals surface area contributed by atoms with Gasteiger partial charge in [0.1, 0.15) is 25.1 Å². The van der Waals surface area contributed by atoms with Crippen LogP contribution < -0.4 is 4.74 Å². The third-order valence-electron chi connectivity index (χ3n) is 5.75. The molecule has 0 spiro atoms. The van der Waals surface area contributed by atoms with Gasteiger partial charge >= 0.3 is 11.9 Å². The van der Waals surface area contributed by atoms with E-state index >= 15 is 0 Å². The fourth-order valence-corrected chi connectivity index (χ4v) is 3.95. The van der Waals surface area contributed by atoms with Crippen LogP contribution in [0.2, 0.25) is 0 Å². The first-order valence-electron chi connectivity index (χ1n) is 11.1. The van der Waals surface area contributed by atoms with E-state index in [0.717, 1.165) is 0 Å². The molecule has 1 aliphatic rings. The average Bonchev–Trinajstić information content (AvgIpc) is 3.49. The number of hydrogen-bond acceptors (Lipinski definition) is 10. The minimum absolute atomic E-state index is 0.253. The van der Waals surface area contributed by atoms with Crippen molar-refractivity contribution in [2.24, 2.45) is 0 Å². The second kappa shape index (κ2) is 10.1. The van der Waals surface area contributed by atoms with Crippen molar-refractivity contribution >= 4 is 23.1 Å². The Hall–Kier alpha value is -4.35. The first-order chi connectivity index (χ1) is 17.6. The number of carbonyl (C=O) groups excluding carboxylic acids is 2. The van der Waals surface area contributed by atoms with E-state index in [9.17, 15) is 14.7 Å². The predicted molar refractivity (Wildman–Crippen MR) is 124 cm³/mol. The molecule has 36 heavy (non-hydrogen) atoms. The second-order valence-electron chi connectivity index (χ2n) is 7.96. The van der Waals surface area contributed by atoms with E-state index in [0.29, 0.717) is 22.3 Å². The lowest BCUT2D eigenvalue weighted by atomic mass is 10.1. The first-order valence-corrected chi connectivity index (χ1v) is 11.1. The molecule has 1 saturated heterocycles. The summed E-state index contributed by atoms with van der Waals surface area (Å²) in [7, 11) is 1.46. The molecule has 3 heterocycles. The van der Waals surface area contributed by atoms with Crippen molar-refractivity contribution in [2.75, 3.05) is 13.7 Å². The zero-order valence-electron chi connectivity index (χ0n) is 19.1. The van der Waals surface area contributed by atoms with Crippen molar-refractivity contribution in [2.45, 2.75) is 24.5 Å². The molecule has 4 aromatic rings.